The summed E-state index contributed by atoms with van der Waals surface area (Å²) in [6.45, 7) is 5.16. The molecule has 2 heterocycles. The van der Waals surface area contributed by atoms with E-state index in [1.54, 1.807) is 16.2 Å². The van der Waals surface area contributed by atoms with Crippen molar-refractivity contribution in [3.8, 4) is 0 Å². The number of amides is 3. The summed E-state index contributed by atoms with van der Waals surface area (Å²) in [6, 6.07) is 11.7. The van der Waals surface area contributed by atoms with Crippen molar-refractivity contribution in [2.45, 2.75) is 77.8 Å². The molecular weight excluding hydrogens is 552 g/mol. The number of hydrogen-bond acceptors (Lipinski definition) is 6. The second kappa shape index (κ2) is 15.0. The fraction of sp³-hybridized carbons (Fsp3) is 0.500. The zero-order valence-electron chi connectivity index (χ0n) is 24.8. The van der Waals surface area contributed by atoms with Crippen molar-refractivity contribution in [3.05, 3.63) is 53.0 Å². The number of fused-ring (bicyclic) bond motifs is 1. The van der Waals surface area contributed by atoms with Gasteiger partial charge in [0.15, 0.2) is 0 Å². The number of aryl methyl sites for hydroxylation is 1. The van der Waals surface area contributed by atoms with Crippen LogP contribution in [0.5, 0.6) is 0 Å². The van der Waals surface area contributed by atoms with Crippen molar-refractivity contribution in [2.24, 2.45) is 5.92 Å². The minimum absolute atomic E-state index is 0.0172. The molecule has 10 heteroatoms. The Morgan fingerprint density at radius 2 is 1.83 bits per heavy atom. The third-order valence-corrected chi connectivity index (χ3v) is 8.85. The van der Waals surface area contributed by atoms with Gasteiger partial charge < -0.3 is 24.8 Å². The van der Waals surface area contributed by atoms with E-state index in [2.05, 4.69) is 15.4 Å². The van der Waals surface area contributed by atoms with Crippen LogP contribution in [0.3, 0.4) is 0 Å². The average Bonchev–Trinajstić information content (AvgIpc) is 3.58. The first-order valence-electron chi connectivity index (χ1n) is 14.9. The van der Waals surface area contributed by atoms with Crippen LogP contribution in [-0.2, 0) is 25.7 Å². The number of ether oxygens (including phenoxy) is 1. The third-order valence-electron chi connectivity index (χ3n) is 8.00. The van der Waals surface area contributed by atoms with Gasteiger partial charge >= 0.3 is 5.97 Å². The van der Waals surface area contributed by atoms with Crippen LogP contribution in [0.4, 0.5) is 5.69 Å². The fourth-order valence-electron chi connectivity index (χ4n) is 5.64. The molecular formula is C32H42N4O5S. The molecule has 0 unspecified atom stereocenters. The van der Waals surface area contributed by atoms with E-state index >= 15 is 0 Å². The number of thiophene rings is 1. The van der Waals surface area contributed by atoms with Crippen LogP contribution in [0.1, 0.15) is 74.3 Å². The number of aromatic nitrogens is 1. The highest BCUT2D eigenvalue weighted by Gasteiger charge is 2.28. The Bertz CT molecular complexity index is 1390. The maximum Gasteiger partial charge on any atom is 0.305 e. The highest BCUT2D eigenvalue weighted by molar-refractivity contribution is 7.17. The van der Waals surface area contributed by atoms with E-state index in [-0.39, 0.29) is 42.2 Å². The molecule has 3 amide bonds. The van der Waals surface area contributed by atoms with Gasteiger partial charge in [0.1, 0.15) is 12.2 Å². The highest BCUT2D eigenvalue weighted by atomic mass is 32.1. The van der Waals surface area contributed by atoms with E-state index in [0.717, 1.165) is 66.4 Å². The number of likely N-dealkylation sites (N-methyl/N-ethyl adjacent to an activating group) is 1. The van der Waals surface area contributed by atoms with Crippen molar-refractivity contribution in [3.63, 3.8) is 0 Å². The lowest BCUT2D eigenvalue weighted by Crippen LogP contribution is -2.42. The molecule has 0 aliphatic heterocycles. The average molecular weight is 595 g/mol. The van der Waals surface area contributed by atoms with E-state index in [0.29, 0.717) is 25.2 Å². The van der Waals surface area contributed by atoms with Gasteiger partial charge in [0, 0.05) is 37.2 Å². The highest BCUT2D eigenvalue weighted by Crippen LogP contribution is 2.28. The number of hydrogen-bond donors (Lipinski definition) is 2. The third kappa shape index (κ3) is 8.00. The molecule has 9 nitrogen and oxygen atoms in total. The lowest BCUT2D eigenvalue weighted by Gasteiger charge is -2.28. The molecule has 226 valence electrons. The van der Waals surface area contributed by atoms with Gasteiger partial charge in [-0.1, -0.05) is 18.6 Å². The van der Waals surface area contributed by atoms with Crippen LogP contribution in [0.15, 0.2) is 41.8 Å². The topological polar surface area (TPSA) is 110 Å². The van der Waals surface area contributed by atoms with Gasteiger partial charge in [-0.15, -0.1) is 11.3 Å². The zero-order valence-corrected chi connectivity index (χ0v) is 25.6. The molecule has 1 saturated carbocycles. The first-order chi connectivity index (χ1) is 20.3. The van der Waals surface area contributed by atoms with E-state index in [9.17, 15) is 19.2 Å². The predicted octanol–water partition coefficient (Wildman–Crippen LogP) is 5.20. The summed E-state index contributed by atoms with van der Waals surface area (Å²) >= 11 is 1.55. The van der Waals surface area contributed by atoms with Crippen molar-refractivity contribution in [1.29, 1.82) is 0 Å². The van der Waals surface area contributed by atoms with Crippen LogP contribution in [0, 0.1) is 12.8 Å². The molecule has 0 radical (unpaired) electrons. The van der Waals surface area contributed by atoms with Crippen LogP contribution in [0.25, 0.3) is 10.2 Å². The van der Waals surface area contributed by atoms with E-state index in [4.69, 9.17) is 0 Å². The smallest absolute Gasteiger partial charge is 0.305 e. The van der Waals surface area contributed by atoms with E-state index in [1.165, 1.54) is 7.11 Å². The molecule has 0 saturated heterocycles. The quantitative estimate of drug-likeness (QED) is 0.209. The van der Waals surface area contributed by atoms with Crippen LogP contribution in [-0.4, -0.2) is 54.5 Å². The molecule has 3 aromatic rings. The number of anilines is 1. The van der Waals surface area contributed by atoms with Gasteiger partial charge in [-0.25, -0.2) is 0 Å². The summed E-state index contributed by atoms with van der Waals surface area (Å²) in [4.78, 5) is 52.5. The number of nitrogens with zero attached hydrogens (tertiary/aromatic N) is 2. The SMILES string of the molecule is CCN(C(=O)Cn1c(C(=O)NC2CCC(C(=O)NCCCCCC(=O)OC)CC2)cc2sccc21)c1cccc(C)c1. The molecule has 1 fully saturated rings. The summed E-state index contributed by atoms with van der Waals surface area (Å²) in [7, 11) is 1.39. The number of unbranched alkanes of at least 4 members (excludes halogenated alkanes) is 2. The van der Waals surface area contributed by atoms with Crippen molar-refractivity contribution in [2.75, 3.05) is 25.1 Å². The van der Waals surface area contributed by atoms with Gasteiger partial charge in [-0.2, -0.15) is 0 Å². The molecule has 1 aliphatic carbocycles. The predicted molar refractivity (Wildman–Crippen MR) is 166 cm³/mol. The van der Waals surface area contributed by atoms with Gasteiger partial charge in [0.05, 0.1) is 17.3 Å². The molecule has 0 spiro atoms. The van der Waals surface area contributed by atoms with Gasteiger partial charge in [-0.3, -0.25) is 19.2 Å². The summed E-state index contributed by atoms with van der Waals surface area (Å²) in [6.07, 6.45) is 5.75. The van der Waals surface area contributed by atoms with E-state index < -0.39 is 0 Å². The largest absolute Gasteiger partial charge is 0.469 e. The number of carbonyl (C=O) groups excluding carboxylic acids is 4. The molecule has 42 heavy (non-hydrogen) atoms. The first-order valence-corrected chi connectivity index (χ1v) is 15.8. The number of methoxy groups -OCH3 is 1. The zero-order chi connectivity index (χ0) is 30.1. The van der Waals surface area contributed by atoms with Crippen LogP contribution < -0.4 is 15.5 Å². The van der Waals surface area contributed by atoms with Crippen molar-refractivity contribution >= 4 is 50.9 Å². The van der Waals surface area contributed by atoms with Crippen LogP contribution >= 0.6 is 11.3 Å². The molecule has 0 bridgehead atoms. The molecule has 2 aromatic heterocycles. The normalized spacial score (nSPS) is 16.6. The molecule has 4 rings (SSSR count). The Kier molecular flexibility index (Phi) is 11.2. The minimum Gasteiger partial charge on any atom is -0.469 e. The van der Waals surface area contributed by atoms with Gasteiger partial charge in [-0.05, 0) is 87.6 Å². The monoisotopic (exact) mass is 594 g/mol. The standard InChI is InChI=1S/C32H42N4O5S/c1-4-35(25-10-8-9-22(2)19-25)29(37)21-36-26-16-18-42-28(26)20-27(36)32(40)34-24-14-12-23(13-15-24)31(39)33-17-7-5-6-11-30(38)41-3/h8-10,16,18-20,23-24H,4-7,11-15,17,21H2,1-3H3,(H,33,39)(H,34,40). The van der Waals surface area contributed by atoms with Crippen LogP contribution in [0.2, 0.25) is 0 Å². The number of carbonyl (C=O) groups is 4. The summed E-state index contributed by atoms with van der Waals surface area (Å²) in [5.41, 5.74) is 3.29. The minimum atomic E-state index is -0.203. The van der Waals surface area contributed by atoms with Gasteiger partial charge in [0.2, 0.25) is 11.8 Å². The molecule has 1 aromatic carbocycles. The van der Waals surface area contributed by atoms with Gasteiger partial charge in [0.25, 0.3) is 5.91 Å². The Balaban J connectivity index is 1.30. The summed E-state index contributed by atoms with van der Waals surface area (Å²) in [5, 5.41) is 8.17. The first kappa shape index (κ1) is 31.3. The number of esters is 1. The Labute approximate surface area is 251 Å². The Morgan fingerprint density at radius 3 is 2.55 bits per heavy atom. The summed E-state index contributed by atoms with van der Waals surface area (Å²) in [5.74, 6) is -0.456. The number of nitrogens with one attached hydrogen (secondary N) is 2. The lowest BCUT2D eigenvalue weighted by atomic mass is 9.85. The maximum atomic E-state index is 13.5. The summed E-state index contributed by atoms with van der Waals surface area (Å²) < 4.78 is 7.44. The molecule has 2 N–H and O–H groups in total. The molecule has 1 aliphatic rings. The Hall–Kier alpha value is -3.66. The lowest BCUT2D eigenvalue weighted by molar-refractivity contribution is -0.140. The second-order valence-corrected chi connectivity index (χ2v) is 11.9. The Morgan fingerprint density at radius 1 is 1.05 bits per heavy atom. The van der Waals surface area contributed by atoms with E-state index in [1.807, 2.05) is 60.2 Å². The van der Waals surface area contributed by atoms with Crippen molar-refractivity contribution in [1.82, 2.24) is 15.2 Å². The number of benzene rings is 1. The maximum absolute atomic E-state index is 13.5. The fourth-order valence-corrected chi connectivity index (χ4v) is 6.47. The van der Waals surface area contributed by atoms with Crippen molar-refractivity contribution < 1.29 is 23.9 Å². The number of rotatable bonds is 13. The second-order valence-electron chi connectivity index (χ2n) is 11.0. The molecule has 0 atom stereocenters.